The van der Waals surface area contributed by atoms with Crippen molar-refractivity contribution in [1.82, 2.24) is 5.32 Å². The first-order valence-electron chi connectivity index (χ1n) is 6.31. The van der Waals surface area contributed by atoms with Crippen LogP contribution in [0.25, 0.3) is 0 Å². The lowest BCUT2D eigenvalue weighted by molar-refractivity contribution is 0.0164. The van der Waals surface area contributed by atoms with Crippen molar-refractivity contribution in [2.24, 2.45) is 0 Å². The molecule has 1 aromatic carbocycles. The molecule has 1 fully saturated rings. The zero-order valence-corrected chi connectivity index (χ0v) is 11.0. The average Bonchev–Trinajstić information content (AvgIpc) is 2.39. The number of rotatable bonds is 4. The lowest BCUT2D eigenvalue weighted by atomic mass is 9.87. The number of hydrogen-bond donors (Lipinski definition) is 2. The minimum atomic E-state index is -0.667. The normalized spacial score (nSPS) is 23.7. The van der Waals surface area contributed by atoms with Crippen molar-refractivity contribution in [3.8, 4) is 11.5 Å². The molecule has 2 N–H and O–H groups in total. The third-order valence-corrected chi connectivity index (χ3v) is 3.46. The molecule has 1 aromatic rings. The van der Waals surface area contributed by atoms with Gasteiger partial charge in [0.15, 0.2) is 0 Å². The smallest absolute Gasteiger partial charge is 0.125 e. The van der Waals surface area contributed by atoms with E-state index in [-0.39, 0.29) is 0 Å². The van der Waals surface area contributed by atoms with Crippen LogP contribution in [0.3, 0.4) is 0 Å². The van der Waals surface area contributed by atoms with Crippen LogP contribution in [0.2, 0.25) is 0 Å². The van der Waals surface area contributed by atoms with E-state index in [1.54, 1.807) is 14.2 Å². The minimum absolute atomic E-state index is 0.604. The molecule has 1 atom stereocenters. The summed E-state index contributed by atoms with van der Waals surface area (Å²) >= 11 is 0. The maximum Gasteiger partial charge on any atom is 0.125 e. The zero-order valence-electron chi connectivity index (χ0n) is 11.0. The second kappa shape index (κ2) is 5.59. The van der Waals surface area contributed by atoms with Crippen LogP contribution in [0.15, 0.2) is 18.2 Å². The van der Waals surface area contributed by atoms with Gasteiger partial charge in [0.05, 0.1) is 19.8 Å². The fourth-order valence-corrected chi connectivity index (χ4v) is 2.46. The number of piperidine rings is 1. The number of ether oxygens (including phenoxy) is 2. The van der Waals surface area contributed by atoms with E-state index in [2.05, 4.69) is 5.32 Å². The van der Waals surface area contributed by atoms with E-state index < -0.39 is 5.60 Å². The zero-order chi connectivity index (χ0) is 13.0. The van der Waals surface area contributed by atoms with Crippen LogP contribution in [0, 0.1) is 0 Å². The van der Waals surface area contributed by atoms with Gasteiger partial charge in [-0.1, -0.05) is 6.07 Å². The van der Waals surface area contributed by atoms with Crippen molar-refractivity contribution in [3.63, 3.8) is 0 Å². The number of aliphatic hydroxyl groups is 1. The summed E-state index contributed by atoms with van der Waals surface area (Å²) in [6, 6.07) is 5.72. The molecule has 100 valence electrons. The van der Waals surface area contributed by atoms with Gasteiger partial charge in [-0.25, -0.2) is 0 Å². The highest BCUT2D eigenvalue weighted by atomic mass is 16.5. The number of methoxy groups -OCH3 is 2. The Hall–Kier alpha value is -1.26. The van der Waals surface area contributed by atoms with Crippen LogP contribution in [-0.2, 0) is 6.42 Å². The first-order chi connectivity index (χ1) is 8.67. The second-order valence-corrected chi connectivity index (χ2v) is 4.86. The summed E-state index contributed by atoms with van der Waals surface area (Å²) in [7, 11) is 3.27. The number of β-amino-alcohol motifs (C(OH)–C–C–N with tert-alkyl or cyclic N) is 1. The van der Waals surface area contributed by atoms with E-state index in [9.17, 15) is 5.11 Å². The fraction of sp³-hybridized carbons (Fsp3) is 0.571. The Morgan fingerprint density at radius 2 is 2.17 bits per heavy atom. The molecule has 1 aliphatic heterocycles. The molecule has 0 saturated carbocycles. The first-order valence-corrected chi connectivity index (χ1v) is 6.31. The SMILES string of the molecule is COc1ccc(CC2(O)CCCNC2)c(OC)c1. The first kappa shape index (κ1) is 13.2. The predicted octanol–water partition coefficient (Wildman–Crippen LogP) is 1.36. The van der Waals surface area contributed by atoms with Crippen molar-refractivity contribution >= 4 is 0 Å². The second-order valence-electron chi connectivity index (χ2n) is 4.86. The molecule has 1 unspecified atom stereocenters. The van der Waals surface area contributed by atoms with E-state index in [1.165, 1.54) is 0 Å². The summed E-state index contributed by atoms with van der Waals surface area (Å²) < 4.78 is 10.5. The van der Waals surface area contributed by atoms with Crippen LogP contribution >= 0.6 is 0 Å². The van der Waals surface area contributed by atoms with E-state index in [4.69, 9.17) is 9.47 Å². The highest BCUT2D eigenvalue weighted by molar-refractivity contribution is 5.41. The fourth-order valence-electron chi connectivity index (χ4n) is 2.46. The van der Waals surface area contributed by atoms with Gasteiger partial charge < -0.3 is 19.9 Å². The molecular formula is C14H21NO3. The average molecular weight is 251 g/mol. The summed E-state index contributed by atoms with van der Waals surface area (Å²) in [6.07, 6.45) is 2.44. The highest BCUT2D eigenvalue weighted by Crippen LogP contribution is 2.30. The van der Waals surface area contributed by atoms with Crippen LogP contribution in [0.1, 0.15) is 18.4 Å². The molecule has 0 amide bonds. The molecule has 1 saturated heterocycles. The molecule has 1 aliphatic rings. The van der Waals surface area contributed by atoms with Crippen molar-refractivity contribution in [1.29, 1.82) is 0 Å². The topological polar surface area (TPSA) is 50.7 Å². The van der Waals surface area contributed by atoms with Gasteiger partial charge in [-0.05, 0) is 31.0 Å². The third kappa shape index (κ3) is 2.94. The molecule has 0 bridgehead atoms. The van der Waals surface area contributed by atoms with Gasteiger partial charge in [-0.2, -0.15) is 0 Å². The quantitative estimate of drug-likeness (QED) is 0.848. The Kier molecular flexibility index (Phi) is 4.09. The van der Waals surface area contributed by atoms with E-state index in [0.29, 0.717) is 13.0 Å². The molecule has 0 aromatic heterocycles. The van der Waals surface area contributed by atoms with Gasteiger partial charge in [0.1, 0.15) is 11.5 Å². The Morgan fingerprint density at radius 3 is 2.78 bits per heavy atom. The van der Waals surface area contributed by atoms with Gasteiger partial charge in [-0.3, -0.25) is 0 Å². The summed E-state index contributed by atoms with van der Waals surface area (Å²) in [6.45, 7) is 1.63. The Labute approximate surface area is 108 Å². The molecule has 4 heteroatoms. The van der Waals surface area contributed by atoms with Crippen molar-refractivity contribution < 1.29 is 14.6 Å². The van der Waals surface area contributed by atoms with Gasteiger partial charge in [0.25, 0.3) is 0 Å². The molecule has 4 nitrogen and oxygen atoms in total. The molecule has 0 radical (unpaired) electrons. The van der Waals surface area contributed by atoms with Crippen LogP contribution in [0.5, 0.6) is 11.5 Å². The summed E-state index contributed by atoms with van der Waals surface area (Å²) in [5.74, 6) is 1.54. The van der Waals surface area contributed by atoms with Crippen LogP contribution in [0.4, 0.5) is 0 Å². The molecular weight excluding hydrogens is 230 g/mol. The van der Waals surface area contributed by atoms with Gasteiger partial charge in [0, 0.05) is 19.0 Å². The monoisotopic (exact) mass is 251 g/mol. The Morgan fingerprint density at radius 1 is 1.33 bits per heavy atom. The van der Waals surface area contributed by atoms with E-state index >= 15 is 0 Å². The largest absolute Gasteiger partial charge is 0.497 e. The highest BCUT2D eigenvalue weighted by Gasteiger charge is 2.30. The maximum atomic E-state index is 10.5. The van der Waals surface area contributed by atoms with Crippen molar-refractivity contribution in [2.45, 2.75) is 24.9 Å². The number of nitrogens with one attached hydrogen (secondary N) is 1. The molecule has 1 heterocycles. The van der Waals surface area contributed by atoms with Gasteiger partial charge >= 0.3 is 0 Å². The van der Waals surface area contributed by atoms with Crippen LogP contribution < -0.4 is 14.8 Å². The van der Waals surface area contributed by atoms with E-state index in [0.717, 1.165) is 36.4 Å². The van der Waals surface area contributed by atoms with Crippen LogP contribution in [-0.4, -0.2) is 38.0 Å². The maximum absolute atomic E-state index is 10.5. The lowest BCUT2D eigenvalue weighted by Crippen LogP contribution is -2.47. The van der Waals surface area contributed by atoms with Gasteiger partial charge in [0.2, 0.25) is 0 Å². The summed E-state index contributed by atoms with van der Waals surface area (Å²) in [4.78, 5) is 0. The Bertz CT molecular complexity index is 400. The molecule has 0 spiro atoms. The molecule has 0 aliphatic carbocycles. The summed E-state index contributed by atoms with van der Waals surface area (Å²) in [5, 5.41) is 13.8. The predicted molar refractivity (Wildman–Crippen MR) is 70.3 cm³/mol. The summed E-state index contributed by atoms with van der Waals surface area (Å²) in [5.41, 5.74) is 0.352. The number of hydrogen-bond acceptors (Lipinski definition) is 4. The third-order valence-electron chi connectivity index (χ3n) is 3.46. The van der Waals surface area contributed by atoms with Gasteiger partial charge in [-0.15, -0.1) is 0 Å². The van der Waals surface area contributed by atoms with Crippen molar-refractivity contribution in [3.05, 3.63) is 23.8 Å². The lowest BCUT2D eigenvalue weighted by Gasteiger charge is -2.33. The molecule has 18 heavy (non-hydrogen) atoms. The number of benzene rings is 1. The van der Waals surface area contributed by atoms with E-state index in [1.807, 2.05) is 18.2 Å². The standard InChI is InChI=1S/C14H21NO3/c1-17-12-5-4-11(13(8-12)18-2)9-14(16)6-3-7-15-10-14/h4-5,8,15-16H,3,6-7,9-10H2,1-2H3. The molecule has 2 rings (SSSR count). The van der Waals surface area contributed by atoms with Crippen molar-refractivity contribution in [2.75, 3.05) is 27.3 Å². The minimum Gasteiger partial charge on any atom is -0.497 e. The Balaban J connectivity index is 2.17.